The van der Waals surface area contributed by atoms with Crippen molar-refractivity contribution in [3.05, 3.63) is 53.3 Å². The Morgan fingerprint density at radius 2 is 1.92 bits per heavy atom. The first-order valence-corrected chi connectivity index (χ1v) is 8.00. The molecule has 0 aromatic heterocycles. The minimum atomic E-state index is -0.510. The second kappa shape index (κ2) is 8.33. The van der Waals surface area contributed by atoms with Gasteiger partial charge < -0.3 is 14.6 Å². The number of rotatable bonds is 6. The molecule has 2 rings (SSSR count). The lowest BCUT2D eigenvalue weighted by Gasteiger charge is -2.14. The third-order valence-corrected chi connectivity index (χ3v) is 3.46. The highest BCUT2D eigenvalue weighted by Gasteiger charge is 2.13. The number of carbonyl (C=O) groups excluding carboxylic acids is 1. The topological polar surface area (TPSA) is 80.2 Å². The van der Waals surface area contributed by atoms with Gasteiger partial charge in [-0.15, -0.1) is 0 Å². The summed E-state index contributed by atoms with van der Waals surface area (Å²) in [4.78, 5) is 12.3. The average molecular weight is 360 g/mol. The first-order chi connectivity index (χ1) is 12.3. The van der Waals surface area contributed by atoms with Crippen molar-refractivity contribution >= 4 is 11.6 Å². The number of hydrazone groups is 1. The Kier molecular flexibility index (Phi) is 6.16. The first kappa shape index (κ1) is 19.2. The third-order valence-electron chi connectivity index (χ3n) is 3.46. The van der Waals surface area contributed by atoms with Crippen LogP contribution in [0, 0.1) is 5.82 Å². The van der Waals surface area contributed by atoms with Gasteiger partial charge in [-0.3, -0.25) is 4.79 Å². The maximum Gasteiger partial charge on any atom is 0.271 e. The molecule has 2 aromatic rings. The maximum atomic E-state index is 13.3. The Hall–Kier alpha value is -3.09. The summed E-state index contributed by atoms with van der Waals surface area (Å²) in [6.45, 7) is 5.33. The van der Waals surface area contributed by atoms with Crippen LogP contribution in [0.25, 0.3) is 0 Å². The second-order valence-corrected chi connectivity index (χ2v) is 5.83. The summed E-state index contributed by atoms with van der Waals surface area (Å²) in [5.41, 5.74) is 3.16. The fraction of sp³-hybridized carbons (Fsp3) is 0.263. The summed E-state index contributed by atoms with van der Waals surface area (Å²) < 4.78 is 24.2. The summed E-state index contributed by atoms with van der Waals surface area (Å²) in [5, 5.41) is 13.7. The lowest BCUT2D eigenvalue weighted by molar-refractivity contribution is 0.0954. The molecule has 0 fully saturated rings. The van der Waals surface area contributed by atoms with Gasteiger partial charge in [-0.1, -0.05) is 0 Å². The van der Waals surface area contributed by atoms with Crippen LogP contribution in [0.5, 0.6) is 17.2 Å². The highest BCUT2D eigenvalue weighted by molar-refractivity contribution is 6.02. The Labute approximate surface area is 151 Å². The van der Waals surface area contributed by atoms with E-state index in [4.69, 9.17) is 9.47 Å². The summed E-state index contributed by atoms with van der Waals surface area (Å²) >= 11 is 0. The number of halogens is 1. The fourth-order valence-electron chi connectivity index (χ4n) is 2.22. The Bertz CT molecular complexity index is 834. The zero-order chi connectivity index (χ0) is 19.3. The van der Waals surface area contributed by atoms with Gasteiger partial charge in [0, 0.05) is 11.1 Å². The van der Waals surface area contributed by atoms with Gasteiger partial charge in [-0.2, -0.15) is 5.10 Å². The zero-order valence-electron chi connectivity index (χ0n) is 15.0. The second-order valence-electron chi connectivity index (χ2n) is 5.83. The molecule has 0 unspecified atom stereocenters. The summed E-state index contributed by atoms with van der Waals surface area (Å²) in [6, 6.07) is 8.27. The SMILES string of the molecule is COc1cc(C(=O)N/N=C(\C)c2cc(F)ccc2O)ccc1OC(C)C. The summed E-state index contributed by atoms with van der Waals surface area (Å²) in [5.74, 6) is -0.157. The highest BCUT2D eigenvalue weighted by Crippen LogP contribution is 2.29. The van der Waals surface area contributed by atoms with Crippen molar-refractivity contribution in [3.63, 3.8) is 0 Å². The van der Waals surface area contributed by atoms with Crippen molar-refractivity contribution in [2.45, 2.75) is 26.9 Å². The molecule has 0 saturated carbocycles. The number of hydrogen-bond acceptors (Lipinski definition) is 5. The number of phenolic OH excluding ortho intramolecular Hbond substituents is 1. The molecule has 0 saturated heterocycles. The quantitative estimate of drug-likeness (QED) is 0.610. The molecule has 2 N–H and O–H groups in total. The molecule has 26 heavy (non-hydrogen) atoms. The minimum Gasteiger partial charge on any atom is -0.507 e. The van der Waals surface area contributed by atoms with Crippen molar-refractivity contribution < 1.29 is 23.8 Å². The number of methoxy groups -OCH3 is 1. The largest absolute Gasteiger partial charge is 0.507 e. The van der Waals surface area contributed by atoms with E-state index in [1.807, 2.05) is 13.8 Å². The van der Waals surface area contributed by atoms with Gasteiger partial charge in [0.1, 0.15) is 11.6 Å². The lowest BCUT2D eigenvalue weighted by atomic mass is 10.1. The lowest BCUT2D eigenvalue weighted by Crippen LogP contribution is -2.19. The number of nitrogens with one attached hydrogen (secondary N) is 1. The molecule has 0 bridgehead atoms. The van der Waals surface area contributed by atoms with E-state index in [0.717, 1.165) is 12.1 Å². The number of aromatic hydroxyl groups is 1. The van der Waals surface area contributed by atoms with Gasteiger partial charge in [0.15, 0.2) is 11.5 Å². The van der Waals surface area contributed by atoms with Gasteiger partial charge >= 0.3 is 0 Å². The van der Waals surface area contributed by atoms with Crippen LogP contribution in [0.2, 0.25) is 0 Å². The monoisotopic (exact) mass is 360 g/mol. The molecule has 0 heterocycles. The van der Waals surface area contributed by atoms with Gasteiger partial charge in [0.05, 0.1) is 18.9 Å². The molecule has 1 amide bonds. The molecule has 0 atom stereocenters. The van der Waals surface area contributed by atoms with Crippen LogP contribution in [-0.2, 0) is 0 Å². The molecule has 6 nitrogen and oxygen atoms in total. The van der Waals surface area contributed by atoms with Gasteiger partial charge in [-0.25, -0.2) is 9.82 Å². The molecular weight excluding hydrogens is 339 g/mol. The number of nitrogens with zero attached hydrogens (tertiary/aromatic N) is 1. The average Bonchev–Trinajstić information content (AvgIpc) is 2.61. The van der Waals surface area contributed by atoms with E-state index in [1.165, 1.54) is 19.2 Å². The van der Waals surface area contributed by atoms with Gasteiger partial charge in [-0.05, 0) is 57.2 Å². The summed E-state index contributed by atoms with van der Waals surface area (Å²) in [7, 11) is 1.49. The Balaban J connectivity index is 2.18. The number of hydrogen-bond donors (Lipinski definition) is 2. The molecule has 138 valence electrons. The molecule has 0 aliphatic rings. The van der Waals surface area contributed by atoms with Crippen molar-refractivity contribution in [3.8, 4) is 17.2 Å². The predicted octanol–water partition coefficient (Wildman–Crippen LogP) is 3.48. The van der Waals surface area contributed by atoms with Crippen molar-refractivity contribution in [2.24, 2.45) is 5.10 Å². The van der Waals surface area contributed by atoms with E-state index in [2.05, 4.69) is 10.5 Å². The Morgan fingerprint density at radius 1 is 1.19 bits per heavy atom. The van der Waals surface area contributed by atoms with E-state index in [-0.39, 0.29) is 23.1 Å². The molecule has 7 heteroatoms. The van der Waals surface area contributed by atoms with Gasteiger partial charge in [0.25, 0.3) is 5.91 Å². The summed E-state index contributed by atoms with van der Waals surface area (Å²) in [6.07, 6.45) is -0.0326. The standard InChI is InChI=1S/C19H21FN2O4/c1-11(2)26-17-8-5-13(9-18(17)25-4)19(24)22-21-12(3)15-10-14(20)6-7-16(15)23/h5-11,23H,1-4H3,(H,22,24)/b21-12+. The predicted molar refractivity (Wildman–Crippen MR) is 96.5 cm³/mol. The van der Waals surface area contributed by atoms with Crippen LogP contribution in [0.15, 0.2) is 41.5 Å². The molecular formula is C19H21FN2O4. The number of carbonyl (C=O) groups is 1. The normalized spacial score (nSPS) is 11.4. The number of amides is 1. The van der Waals surface area contributed by atoms with Crippen LogP contribution < -0.4 is 14.9 Å². The van der Waals surface area contributed by atoms with Crippen LogP contribution >= 0.6 is 0 Å². The third kappa shape index (κ3) is 4.72. The smallest absolute Gasteiger partial charge is 0.271 e. The molecule has 0 aliphatic carbocycles. The van der Waals surface area contributed by atoms with E-state index in [1.54, 1.807) is 19.1 Å². The van der Waals surface area contributed by atoms with Crippen molar-refractivity contribution in [2.75, 3.05) is 7.11 Å². The zero-order valence-corrected chi connectivity index (χ0v) is 15.0. The number of ether oxygens (including phenoxy) is 2. The highest BCUT2D eigenvalue weighted by atomic mass is 19.1. The van der Waals surface area contributed by atoms with E-state index < -0.39 is 11.7 Å². The first-order valence-electron chi connectivity index (χ1n) is 8.00. The Morgan fingerprint density at radius 3 is 2.58 bits per heavy atom. The number of phenols is 1. The van der Waals surface area contributed by atoms with Crippen LogP contribution in [-0.4, -0.2) is 29.9 Å². The minimum absolute atomic E-state index is 0.0326. The molecule has 0 aliphatic heterocycles. The van der Waals surface area contributed by atoms with E-state index >= 15 is 0 Å². The van der Waals surface area contributed by atoms with Crippen molar-refractivity contribution in [1.29, 1.82) is 0 Å². The maximum absolute atomic E-state index is 13.3. The van der Waals surface area contributed by atoms with Crippen molar-refractivity contribution in [1.82, 2.24) is 5.43 Å². The van der Waals surface area contributed by atoms with Crippen LogP contribution in [0.1, 0.15) is 36.7 Å². The molecule has 0 spiro atoms. The van der Waals surface area contributed by atoms with Crippen LogP contribution in [0.4, 0.5) is 4.39 Å². The molecule has 2 aromatic carbocycles. The fourth-order valence-corrected chi connectivity index (χ4v) is 2.22. The van der Waals surface area contributed by atoms with Crippen LogP contribution in [0.3, 0.4) is 0 Å². The molecule has 0 radical (unpaired) electrons. The van der Waals surface area contributed by atoms with E-state index in [9.17, 15) is 14.3 Å². The number of benzene rings is 2. The van der Waals surface area contributed by atoms with E-state index in [0.29, 0.717) is 17.1 Å². The van der Waals surface area contributed by atoms with Gasteiger partial charge in [0.2, 0.25) is 0 Å².